The summed E-state index contributed by atoms with van der Waals surface area (Å²) in [5, 5.41) is 26.0. The molecule has 0 fully saturated rings. The van der Waals surface area contributed by atoms with Crippen molar-refractivity contribution in [2.75, 3.05) is 39.5 Å². The number of unbranched alkanes of at least 4 members (excludes halogenated alkanes) is 2. The quantitative estimate of drug-likeness (QED) is 0.0152. The first kappa shape index (κ1) is 54.3. The van der Waals surface area contributed by atoms with Crippen LogP contribution in [0.25, 0.3) is 22.3 Å². The van der Waals surface area contributed by atoms with E-state index in [1.807, 2.05) is 0 Å². The zero-order valence-electron chi connectivity index (χ0n) is 41.7. The van der Waals surface area contributed by atoms with E-state index >= 15 is 4.39 Å². The van der Waals surface area contributed by atoms with Crippen LogP contribution in [0.1, 0.15) is 84.4 Å². The number of esters is 1. The first-order chi connectivity index (χ1) is 36.3. The molecule has 8 amide bonds. The van der Waals surface area contributed by atoms with Crippen molar-refractivity contribution in [2.24, 2.45) is 0 Å². The van der Waals surface area contributed by atoms with Crippen molar-refractivity contribution >= 4 is 74.4 Å². The molecule has 1 aliphatic carbocycles. The van der Waals surface area contributed by atoms with E-state index in [9.17, 15) is 53.1 Å². The van der Waals surface area contributed by atoms with Crippen molar-refractivity contribution < 1.29 is 62.1 Å². The third-order valence-corrected chi connectivity index (χ3v) is 14.5. The van der Waals surface area contributed by atoms with Crippen molar-refractivity contribution in [3.05, 3.63) is 110 Å². The number of imide groups is 1. The maximum Gasteiger partial charge on any atom is 0.343 e. The number of amides is 8. The Kier molecular flexibility index (Phi) is 16.3. The molecule has 8 rings (SSSR count). The molecule has 2 aromatic carbocycles. The molecule has 7 N–H and O–H groups in total. The Morgan fingerprint density at radius 2 is 1.57 bits per heavy atom. The lowest BCUT2D eigenvalue weighted by atomic mass is 9.81. The van der Waals surface area contributed by atoms with Gasteiger partial charge in [-0.3, -0.25) is 48.1 Å². The largest absolute Gasteiger partial charge is 0.458 e. The summed E-state index contributed by atoms with van der Waals surface area (Å²) in [5.74, 6) is -5.92. The Hall–Kier alpha value is -7.96. The third-order valence-electron chi connectivity index (χ3n) is 13.9. The van der Waals surface area contributed by atoms with Gasteiger partial charge in [0.05, 0.1) is 58.9 Å². The van der Waals surface area contributed by atoms with Crippen LogP contribution in [0, 0.1) is 12.7 Å². The van der Waals surface area contributed by atoms with Gasteiger partial charge in [0.2, 0.25) is 35.4 Å². The van der Waals surface area contributed by atoms with Crippen molar-refractivity contribution in [1.82, 2.24) is 46.4 Å². The summed E-state index contributed by atoms with van der Waals surface area (Å²) >= 11 is 0. The summed E-state index contributed by atoms with van der Waals surface area (Å²) in [5.41, 5.74) is 1.43. The average molecular weight is 1060 g/mol. The SMILES string of the molecule is CC[C@@]1(O)C(=O)OCc2c1cc1n(c2=O)Cc2c-1nc1cc(F)c(C)c3c1c2[C@]([Si])(NC(=O)COCNC(=O)CNC(=O)[C@H](Cc1ccccc1)NC(=O)CNC(=O)CNC(=O)CCCCCN1C(=O)C=CC1=O)CC3. The number of aliphatic hydroxyl groups is 1. The van der Waals surface area contributed by atoms with Crippen molar-refractivity contribution in [2.45, 2.75) is 95.2 Å². The number of ether oxygens (including phenoxy) is 2. The number of halogens is 1. The zero-order chi connectivity index (χ0) is 54.5. The summed E-state index contributed by atoms with van der Waals surface area (Å²) in [6, 6.07) is 10.4. The molecule has 2 aromatic heterocycles. The summed E-state index contributed by atoms with van der Waals surface area (Å²) in [6.07, 6.45) is 4.60. The maximum absolute atomic E-state index is 15.4. The number of nitrogens with one attached hydrogen (secondary N) is 6. The normalized spacial score (nSPS) is 18.3. The molecule has 4 aliphatic rings. The van der Waals surface area contributed by atoms with Crippen molar-refractivity contribution in [3.8, 4) is 11.4 Å². The van der Waals surface area contributed by atoms with E-state index < -0.39 is 103 Å². The minimum atomic E-state index is -2.07. The Morgan fingerprint density at radius 1 is 0.868 bits per heavy atom. The van der Waals surface area contributed by atoms with E-state index in [0.29, 0.717) is 70.3 Å². The van der Waals surface area contributed by atoms with Crippen LogP contribution in [0.5, 0.6) is 0 Å². The van der Waals surface area contributed by atoms with Crippen LogP contribution in [-0.4, -0.2) is 129 Å². The highest BCUT2D eigenvalue weighted by Gasteiger charge is 2.47. The van der Waals surface area contributed by atoms with Gasteiger partial charge in [-0.25, -0.2) is 14.2 Å². The van der Waals surface area contributed by atoms with Gasteiger partial charge in [0.25, 0.3) is 17.4 Å². The number of nitrogens with zero attached hydrogens (tertiary/aromatic N) is 3. The number of fused-ring (bicyclic) bond motifs is 5. The number of cyclic esters (lactones) is 1. The molecule has 0 saturated carbocycles. The summed E-state index contributed by atoms with van der Waals surface area (Å²) < 4.78 is 27.6. The molecule has 5 heterocycles. The van der Waals surface area contributed by atoms with E-state index in [4.69, 9.17) is 14.5 Å². The fourth-order valence-corrected chi connectivity index (χ4v) is 10.4. The molecule has 76 heavy (non-hydrogen) atoms. The monoisotopic (exact) mass is 1060 g/mol. The maximum atomic E-state index is 15.4. The van der Waals surface area contributed by atoms with Crippen LogP contribution >= 0.6 is 0 Å². The smallest absolute Gasteiger partial charge is 0.343 e. The van der Waals surface area contributed by atoms with Gasteiger partial charge in [-0.2, -0.15) is 0 Å². The second kappa shape index (κ2) is 22.9. The number of aryl methyl sites for hydroxylation is 1. The minimum Gasteiger partial charge on any atom is -0.458 e. The molecule has 4 aromatic rings. The van der Waals surface area contributed by atoms with Crippen LogP contribution < -0.4 is 37.5 Å². The number of carbonyl (C=O) groups is 9. The molecule has 0 saturated heterocycles. The van der Waals surface area contributed by atoms with Gasteiger partial charge in [0.1, 0.15) is 31.8 Å². The van der Waals surface area contributed by atoms with E-state index in [0.717, 1.165) is 4.90 Å². The van der Waals surface area contributed by atoms with Gasteiger partial charge < -0.3 is 51.0 Å². The van der Waals surface area contributed by atoms with Gasteiger partial charge >= 0.3 is 5.97 Å². The molecule has 22 nitrogen and oxygen atoms in total. The molecule has 3 aliphatic heterocycles. The molecule has 3 atom stereocenters. The number of carbonyl (C=O) groups excluding carboxylic acids is 9. The summed E-state index contributed by atoms with van der Waals surface area (Å²) in [6.45, 7) is 0.709. The molecule has 397 valence electrons. The van der Waals surface area contributed by atoms with Crippen LogP contribution in [0.15, 0.2) is 59.4 Å². The lowest BCUT2D eigenvalue weighted by Gasteiger charge is -2.38. The molecule has 24 heteroatoms. The van der Waals surface area contributed by atoms with Crippen LogP contribution in [0.2, 0.25) is 0 Å². The van der Waals surface area contributed by atoms with E-state index in [1.165, 1.54) is 22.8 Å². The van der Waals surface area contributed by atoms with Gasteiger partial charge in [-0.05, 0) is 67.3 Å². The molecule has 0 spiro atoms. The second-order valence-electron chi connectivity index (χ2n) is 18.9. The highest BCUT2D eigenvalue weighted by Crippen LogP contribution is 2.47. The first-order valence-corrected chi connectivity index (χ1v) is 25.2. The van der Waals surface area contributed by atoms with Gasteiger partial charge in [0.15, 0.2) is 5.60 Å². The van der Waals surface area contributed by atoms with Gasteiger partial charge in [0, 0.05) is 59.3 Å². The Balaban J connectivity index is 0.818. The predicted molar refractivity (Wildman–Crippen MR) is 268 cm³/mol. The van der Waals surface area contributed by atoms with Crippen molar-refractivity contribution in [1.29, 1.82) is 0 Å². The highest BCUT2D eigenvalue weighted by atomic mass is 28.1. The Morgan fingerprint density at radius 3 is 2.30 bits per heavy atom. The number of hydrogen-bond acceptors (Lipinski definition) is 14. The molecule has 3 radical (unpaired) electrons. The summed E-state index contributed by atoms with van der Waals surface area (Å²) in [7, 11) is 3.87. The minimum absolute atomic E-state index is 0.00456. The Bertz CT molecular complexity index is 3150. The lowest BCUT2D eigenvalue weighted by Crippen LogP contribution is -2.52. The van der Waals surface area contributed by atoms with Crippen LogP contribution in [-0.2, 0) is 89.4 Å². The van der Waals surface area contributed by atoms with E-state index in [1.54, 1.807) is 50.2 Å². The number of benzene rings is 2. The number of pyridine rings is 2. The Labute approximate surface area is 437 Å². The average Bonchev–Trinajstić information content (AvgIpc) is 4.00. The predicted octanol–water partition coefficient (Wildman–Crippen LogP) is -0.437. The fourth-order valence-electron chi connectivity index (χ4n) is 9.83. The lowest BCUT2D eigenvalue weighted by molar-refractivity contribution is -0.172. The number of hydrogen-bond donors (Lipinski definition) is 7. The van der Waals surface area contributed by atoms with E-state index in [-0.39, 0.29) is 73.8 Å². The van der Waals surface area contributed by atoms with Gasteiger partial charge in [-0.15, -0.1) is 0 Å². The third kappa shape index (κ3) is 11.5. The van der Waals surface area contributed by atoms with Crippen LogP contribution in [0.4, 0.5) is 4.39 Å². The molecular formula is C52H55FN9O13Si. The zero-order valence-corrected chi connectivity index (χ0v) is 42.7. The topological polar surface area (TPSA) is 303 Å². The standard InChI is InChI=1S/C52H55FN9O13Si/c1-3-51(73)33-19-37-47-31(24-62(37)49(71)32(33)25-75-50(51)72)46-45-30(28(2)34(53)20-35(45)59-47)15-16-52(46,76)60-42(67)26-74-27-57-40(65)22-56-48(70)36(18-29-10-6-4-7-11-29)58-41(66)23-55-39(64)21-54-38(63)12-8-5-9-17-61-43(68)13-14-44(61)69/h4,6-7,10-11,13-14,19-20,36,73H,3,5,8-9,12,15-18,21-27H2,1-2H3,(H,54,63)(H,55,64)(H,56,70)(H,57,65)(H,58,66)(H,60,67)/t36-,51-,52-/m0/s1. The van der Waals surface area contributed by atoms with E-state index in [2.05, 4.69) is 42.1 Å². The van der Waals surface area contributed by atoms with Gasteiger partial charge in [-0.1, -0.05) is 43.7 Å². The molecular weight excluding hydrogens is 1010 g/mol. The second-order valence-corrected chi connectivity index (χ2v) is 19.7. The fraction of sp³-hybridized carbons (Fsp3) is 0.404. The van der Waals surface area contributed by atoms with Crippen LogP contribution in [0.3, 0.4) is 0 Å². The van der Waals surface area contributed by atoms with Crippen molar-refractivity contribution in [3.63, 3.8) is 0 Å². The number of aromatic nitrogens is 2. The molecule has 0 unspecified atom stereocenters. The summed E-state index contributed by atoms with van der Waals surface area (Å²) in [4.78, 5) is 134. The molecule has 0 bridgehead atoms. The highest BCUT2D eigenvalue weighted by molar-refractivity contribution is 6.19. The number of rotatable bonds is 22. The first-order valence-electron chi connectivity index (χ1n) is 24.7.